The maximum atomic E-state index is 9.29. The summed E-state index contributed by atoms with van der Waals surface area (Å²) >= 11 is 0. The molecule has 1 heterocycles. The molecule has 0 saturated carbocycles. The van der Waals surface area contributed by atoms with Crippen molar-refractivity contribution >= 4 is 0 Å². The van der Waals surface area contributed by atoms with Crippen LogP contribution in [-0.2, 0) is 6.54 Å². The average Bonchev–Trinajstić information content (AvgIpc) is 2.62. The molecule has 4 nitrogen and oxygen atoms in total. The van der Waals surface area contributed by atoms with Gasteiger partial charge in [-0.1, -0.05) is 49.4 Å². The first-order valence-corrected chi connectivity index (χ1v) is 8.48. The van der Waals surface area contributed by atoms with Crippen molar-refractivity contribution in [3.63, 3.8) is 0 Å². The van der Waals surface area contributed by atoms with E-state index in [1.165, 1.54) is 5.56 Å². The highest BCUT2D eigenvalue weighted by Crippen LogP contribution is 2.28. The first-order valence-electron chi connectivity index (χ1n) is 8.48. The molecule has 1 aliphatic rings. The minimum absolute atomic E-state index is 0.251. The summed E-state index contributed by atoms with van der Waals surface area (Å²) in [7, 11) is 0. The maximum absolute atomic E-state index is 9.29. The predicted molar refractivity (Wildman–Crippen MR) is 96.5 cm³/mol. The van der Waals surface area contributed by atoms with Crippen molar-refractivity contribution < 1.29 is 14.6 Å². The van der Waals surface area contributed by atoms with E-state index in [0.717, 1.165) is 31.1 Å². The van der Waals surface area contributed by atoms with E-state index in [4.69, 9.17) is 9.47 Å². The SMILES string of the molecule is CCN(Cc1ccccc1)CC(C)O.c1ccc2c(c1)OCCO2. The molecule has 0 spiro atoms. The molecular weight excluding hydrogens is 302 g/mol. The van der Waals surface area contributed by atoms with Gasteiger partial charge < -0.3 is 14.6 Å². The van der Waals surface area contributed by atoms with Gasteiger partial charge in [-0.05, 0) is 31.2 Å². The van der Waals surface area contributed by atoms with E-state index in [2.05, 4.69) is 24.0 Å². The van der Waals surface area contributed by atoms with Crippen LogP contribution in [0.5, 0.6) is 11.5 Å². The van der Waals surface area contributed by atoms with Gasteiger partial charge in [-0.2, -0.15) is 0 Å². The zero-order valence-corrected chi connectivity index (χ0v) is 14.5. The van der Waals surface area contributed by atoms with E-state index in [1.54, 1.807) is 0 Å². The third-order valence-electron chi connectivity index (χ3n) is 3.67. The van der Waals surface area contributed by atoms with Crippen molar-refractivity contribution in [1.29, 1.82) is 0 Å². The normalized spacial score (nSPS) is 13.8. The van der Waals surface area contributed by atoms with Crippen LogP contribution in [0.2, 0.25) is 0 Å². The molecule has 0 amide bonds. The molecule has 0 aliphatic carbocycles. The number of fused-ring (bicyclic) bond motifs is 1. The zero-order chi connectivity index (χ0) is 17.2. The summed E-state index contributed by atoms with van der Waals surface area (Å²) in [5.74, 6) is 1.71. The molecule has 2 aromatic carbocycles. The van der Waals surface area contributed by atoms with Crippen LogP contribution in [0, 0.1) is 0 Å². The molecule has 1 N–H and O–H groups in total. The number of ether oxygens (including phenoxy) is 2. The van der Waals surface area contributed by atoms with E-state index in [1.807, 2.05) is 49.4 Å². The quantitative estimate of drug-likeness (QED) is 0.913. The Labute approximate surface area is 144 Å². The topological polar surface area (TPSA) is 41.9 Å². The van der Waals surface area contributed by atoms with E-state index >= 15 is 0 Å². The lowest BCUT2D eigenvalue weighted by Crippen LogP contribution is -2.30. The van der Waals surface area contributed by atoms with Crippen LogP contribution in [0.25, 0.3) is 0 Å². The van der Waals surface area contributed by atoms with Gasteiger partial charge in [0.25, 0.3) is 0 Å². The van der Waals surface area contributed by atoms with Crippen LogP contribution < -0.4 is 9.47 Å². The molecule has 4 heteroatoms. The van der Waals surface area contributed by atoms with Crippen molar-refractivity contribution in [3.8, 4) is 11.5 Å². The molecule has 1 atom stereocenters. The third-order valence-corrected chi connectivity index (χ3v) is 3.67. The number of aliphatic hydroxyl groups is 1. The Hall–Kier alpha value is -2.04. The highest BCUT2D eigenvalue weighted by molar-refractivity contribution is 5.40. The largest absolute Gasteiger partial charge is 0.486 e. The molecule has 0 saturated heterocycles. The number of hydrogen-bond acceptors (Lipinski definition) is 4. The lowest BCUT2D eigenvalue weighted by molar-refractivity contribution is 0.126. The lowest BCUT2D eigenvalue weighted by Gasteiger charge is -2.21. The first-order chi connectivity index (χ1) is 11.7. The van der Waals surface area contributed by atoms with E-state index < -0.39 is 0 Å². The van der Waals surface area contributed by atoms with Crippen molar-refractivity contribution in [3.05, 3.63) is 60.2 Å². The van der Waals surface area contributed by atoms with Crippen LogP contribution in [-0.4, -0.2) is 42.4 Å². The summed E-state index contributed by atoms with van der Waals surface area (Å²) in [4.78, 5) is 2.24. The van der Waals surface area contributed by atoms with E-state index in [-0.39, 0.29) is 6.10 Å². The zero-order valence-electron chi connectivity index (χ0n) is 14.5. The molecule has 1 unspecified atom stereocenters. The number of aliphatic hydroxyl groups excluding tert-OH is 1. The third kappa shape index (κ3) is 6.22. The van der Waals surface area contributed by atoms with Gasteiger partial charge in [0.15, 0.2) is 11.5 Å². The van der Waals surface area contributed by atoms with Gasteiger partial charge in [0.2, 0.25) is 0 Å². The second-order valence-electron chi connectivity index (χ2n) is 5.81. The number of rotatable bonds is 5. The van der Waals surface area contributed by atoms with Crippen LogP contribution in [0.3, 0.4) is 0 Å². The van der Waals surface area contributed by atoms with Crippen LogP contribution in [0.15, 0.2) is 54.6 Å². The second-order valence-corrected chi connectivity index (χ2v) is 5.81. The summed E-state index contributed by atoms with van der Waals surface area (Å²) in [6.45, 7) is 7.90. The molecule has 0 fully saturated rings. The number of hydrogen-bond donors (Lipinski definition) is 1. The van der Waals surface area contributed by atoms with Gasteiger partial charge in [-0.25, -0.2) is 0 Å². The highest BCUT2D eigenvalue weighted by Gasteiger charge is 2.08. The minimum atomic E-state index is -0.251. The maximum Gasteiger partial charge on any atom is 0.161 e. The second kappa shape index (κ2) is 9.96. The fourth-order valence-electron chi connectivity index (χ4n) is 2.51. The Balaban J connectivity index is 0.000000182. The van der Waals surface area contributed by atoms with E-state index in [0.29, 0.717) is 13.2 Å². The van der Waals surface area contributed by atoms with Gasteiger partial charge >= 0.3 is 0 Å². The monoisotopic (exact) mass is 329 g/mol. The highest BCUT2D eigenvalue weighted by atomic mass is 16.6. The molecule has 0 bridgehead atoms. The first kappa shape index (κ1) is 18.3. The fraction of sp³-hybridized carbons (Fsp3) is 0.400. The van der Waals surface area contributed by atoms with Crippen molar-refractivity contribution in [2.75, 3.05) is 26.3 Å². The number of likely N-dealkylation sites (N-methyl/N-ethyl adjacent to an activating group) is 1. The standard InChI is InChI=1S/C12H19NO.C8H8O2/c1-3-13(9-11(2)14)10-12-7-5-4-6-8-12;1-2-4-8-7(3-1)9-5-6-10-8/h4-8,11,14H,3,9-10H2,1-2H3;1-4H,5-6H2. The lowest BCUT2D eigenvalue weighted by atomic mass is 10.2. The summed E-state index contributed by atoms with van der Waals surface area (Å²) in [6.07, 6.45) is -0.251. The fourth-order valence-corrected chi connectivity index (χ4v) is 2.51. The van der Waals surface area contributed by atoms with Gasteiger partial charge in [-0.3, -0.25) is 4.90 Å². The Bertz CT molecular complexity index is 561. The molecule has 0 radical (unpaired) electrons. The van der Waals surface area contributed by atoms with Gasteiger partial charge in [-0.15, -0.1) is 0 Å². The summed E-state index contributed by atoms with van der Waals surface area (Å²) in [5, 5.41) is 9.29. The molecule has 130 valence electrons. The molecule has 0 aromatic heterocycles. The van der Waals surface area contributed by atoms with Crippen LogP contribution in [0.4, 0.5) is 0 Å². The van der Waals surface area contributed by atoms with Crippen molar-refractivity contribution in [1.82, 2.24) is 4.90 Å². The summed E-state index contributed by atoms with van der Waals surface area (Å²) in [5.41, 5.74) is 1.30. The minimum Gasteiger partial charge on any atom is -0.486 e. The molecule has 2 aromatic rings. The van der Waals surface area contributed by atoms with E-state index in [9.17, 15) is 5.11 Å². The molecule has 1 aliphatic heterocycles. The van der Waals surface area contributed by atoms with Gasteiger partial charge in [0.05, 0.1) is 6.10 Å². The molecule has 24 heavy (non-hydrogen) atoms. The smallest absolute Gasteiger partial charge is 0.161 e. The average molecular weight is 329 g/mol. The molecule has 3 rings (SSSR count). The number of para-hydroxylation sites is 2. The number of benzene rings is 2. The Morgan fingerprint density at radius 1 is 0.958 bits per heavy atom. The van der Waals surface area contributed by atoms with Crippen LogP contribution in [0.1, 0.15) is 19.4 Å². The Morgan fingerprint density at radius 3 is 2.00 bits per heavy atom. The number of nitrogens with zero attached hydrogens (tertiary/aromatic N) is 1. The van der Waals surface area contributed by atoms with Crippen molar-refractivity contribution in [2.45, 2.75) is 26.5 Å². The van der Waals surface area contributed by atoms with Crippen LogP contribution >= 0.6 is 0 Å². The van der Waals surface area contributed by atoms with Crippen molar-refractivity contribution in [2.24, 2.45) is 0 Å². The Kier molecular flexibility index (Phi) is 7.59. The summed E-state index contributed by atoms with van der Waals surface area (Å²) < 4.78 is 10.6. The van der Waals surface area contributed by atoms with Gasteiger partial charge in [0, 0.05) is 13.1 Å². The predicted octanol–water partition coefficient (Wildman–Crippen LogP) is 3.35. The summed E-state index contributed by atoms with van der Waals surface area (Å²) in [6, 6.07) is 18.0. The van der Waals surface area contributed by atoms with Gasteiger partial charge in [0.1, 0.15) is 13.2 Å². The Morgan fingerprint density at radius 2 is 1.50 bits per heavy atom. The molecular formula is C20H27NO3.